The smallest absolute Gasteiger partial charge is 0.175 e. The highest BCUT2D eigenvalue weighted by Gasteiger charge is 2.11. The fourth-order valence-electron chi connectivity index (χ4n) is 1.73. The Kier molecular flexibility index (Phi) is 5.43. The molecule has 0 aliphatic heterocycles. The first-order valence-electron chi connectivity index (χ1n) is 5.93. The van der Waals surface area contributed by atoms with E-state index in [4.69, 9.17) is 9.47 Å². The lowest BCUT2D eigenvalue weighted by Gasteiger charge is -2.14. The quantitative estimate of drug-likeness (QED) is 0.648. The normalized spacial score (nSPS) is 10.4. The van der Waals surface area contributed by atoms with Crippen LogP contribution in [0.15, 0.2) is 40.9 Å². The highest BCUT2D eigenvalue weighted by molar-refractivity contribution is 9.10. The van der Waals surface area contributed by atoms with Crippen LogP contribution in [0.3, 0.4) is 0 Å². The molecule has 0 aliphatic rings. The molecule has 2 aromatic carbocycles. The van der Waals surface area contributed by atoms with E-state index >= 15 is 0 Å². The molecule has 0 heterocycles. The molecule has 0 spiro atoms. The van der Waals surface area contributed by atoms with E-state index in [2.05, 4.69) is 31.9 Å². The molecule has 0 bridgehead atoms. The Balaban J connectivity index is 2.18. The molecule has 0 unspecified atom stereocenters. The van der Waals surface area contributed by atoms with Gasteiger partial charge in [-0.25, -0.2) is 4.39 Å². The Bertz CT molecular complexity index is 585. The summed E-state index contributed by atoms with van der Waals surface area (Å²) in [5, 5.41) is 0.736. The Morgan fingerprint density at radius 2 is 1.80 bits per heavy atom. The third-order valence-corrected chi connectivity index (χ3v) is 3.98. The van der Waals surface area contributed by atoms with Crippen molar-refractivity contribution in [2.75, 3.05) is 7.11 Å². The molecular formula is C15H13Br2FO2. The molecule has 20 heavy (non-hydrogen) atoms. The first-order chi connectivity index (χ1) is 9.63. The third-order valence-electron chi connectivity index (χ3n) is 2.74. The fraction of sp³-hybridized carbons (Fsp3) is 0.200. The molecule has 0 amide bonds. The molecule has 0 fully saturated rings. The lowest BCUT2D eigenvalue weighted by Crippen LogP contribution is -1.99. The molecule has 0 N–H and O–H groups in total. The van der Waals surface area contributed by atoms with Crippen molar-refractivity contribution < 1.29 is 13.9 Å². The second-order valence-electron chi connectivity index (χ2n) is 4.16. The van der Waals surface area contributed by atoms with Gasteiger partial charge < -0.3 is 9.47 Å². The molecule has 2 rings (SSSR count). The van der Waals surface area contributed by atoms with Crippen molar-refractivity contribution in [1.29, 1.82) is 0 Å². The summed E-state index contributed by atoms with van der Waals surface area (Å²) in [4.78, 5) is 0. The number of ether oxygens (including phenoxy) is 2. The van der Waals surface area contributed by atoms with Gasteiger partial charge in [-0.1, -0.05) is 28.1 Å². The molecule has 0 saturated carbocycles. The van der Waals surface area contributed by atoms with Gasteiger partial charge in [0.1, 0.15) is 12.4 Å². The van der Waals surface area contributed by atoms with Crippen molar-refractivity contribution in [3.8, 4) is 11.5 Å². The molecule has 0 saturated heterocycles. The van der Waals surface area contributed by atoms with E-state index < -0.39 is 0 Å². The molecule has 0 radical (unpaired) electrons. The van der Waals surface area contributed by atoms with Crippen LogP contribution in [0.25, 0.3) is 0 Å². The van der Waals surface area contributed by atoms with Crippen molar-refractivity contribution >= 4 is 31.9 Å². The van der Waals surface area contributed by atoms with Gasteiger partial charge in [0.15, 0.2) is 11.5 Å². The number of benzene rings is 2. The molecule has 0 atom stereocenters. The summed E-state index contributed by atoms with van der Waals surface area (Å²) in [6.07, 6.45) is 0. The van der Waals surface area contributed by atoms with Crippen LogP contribution in [0, 0.1) is 5.82 Å². The number of hydrogen-bond donors (Lipinski definition) is 0. The van der Waals surface area contributed by atoms with Crippen LogP contribution in [-0.4, -0.2) is 7.11 Å². The summed E-state index contributed by atoms with van der Waals surface area (Å²) < 4.78 is 24.8. The minimum absolute atomic E-state index is 0.255. The van der Waals surface area contributed by atoms with Gasteiger partial charge in [-0.15, -0.1) is 0 Å². The van der Waals surface area contributed by atoms with Crippen LogP contribution in [0.4, 0.5) is 4.39 Å². The lowest BCUT2D eigenvalue weighted by atomic mass is 10.2. The standard InChI is InChI=1S/C15H13Br2FO2/c1-19-14-7-11(8-16)6-13(17)15(14)20-9-10-2-4-12(18)5-3-10/h2-7H,8-9H2,1H3. The zero-order valence-corrected chi connectivity index (χ0v) is 14.0. The third kappa shape index (κ3) is 3.73. The van der Waals surface area contributed by atoms with E-state index in [-0.39, 0.29) is 5.82 Å². The SMILES string of the molecule is COc1cc(CBr)cc(Br)c1OCc1ccc(F)cc1. The molecule has 106 valence electrons. The first-order valence-corrected chi connectivity index (χ1v) is 7.85. The number of methoxy groups -OCH3 is 1. The maximum Gasteiger partial charge on any atom is 0.175 e. The first kappa shape index (κ1) is 15.3. The minimum Gasteiger partial charge on any atom is -0.493 e. The van der Waals surface area contributed by atoms with Crippen LogP contribution in [0.1, 0.15) is 11.1 Å². The van der Waals surface area contributed by atoms with Crippen LogP contribution in [0.5, 0.6) is 11.5 Å². The maximum atomic E-state index is 12.8. The zero-order chi connectivity index (χ0) is 14.5. The van der Waals surface area contributed by atoms with Crippen LogP contribution < -0.4 is 9.47 Å². The molecule has 0 aliphatic carbocycles. The largest absolute Gasteiger partial charge is 0.493 e. The van der Waals surface area contributed by atoms with Crippen molar-refractivity contribution in [3.63, 3.8) is 0 Å². The summed E-state index contributed by atoms with van der Waals surface area (Å²) in [6.45, 7) is 0.350. The van der Waals surface area contributed by atoms with Gasteiger partial charge in [-0.2, -0.15) is 0 Å². The van der Waals surface area contributed by atoms with Crippen molar-refractivity contribution in [1.82, 2.24) is 0 Å². The van der Waals surface area contributed by atoms with E-state index in [0.29, 0.717) is 18.1 Å². The van der Waals surface area contributed by atoms with Gasteiger partial charge in [-0.3, -0.25) is 0 Å². The Morgan fingerprint density at radius 3 is 2.40 bits per heavy atom. The van der Waals surface area contributed by atoms with Gasteiger partial charge in [0.25, 0.3) is 0 Å². The second-order valence-corrected chi connectivity index (χ2v) is 5.57. The highest BCUT2D eigenvalue weighted by Crippen LogP contribution is 2.37. The molecular weight excluding hydrogens is 391 g/mol. The number of hydrogen-bond acceptors (Lipinski definition) is 2. The molecule has 2 nitrogen and oxygen atoms in total. The lowest BCUT2D eigenvalue weighted by molar-refractivity contribution is 0.282. The predicted molar refractivity (Wildman–Crippen MR) is 84.1 cm³/mol. The van der Waals surface area contributed by atoms with E-state index in [9.17, 15) is 4.39 Å². The fourth-order valence-corrected chi connectivity index (χ4v) is 2.65. The maximum absolute atomic E-state index is 12.8. The average molecular weight is 404 g/mol. The summed E-state index contributed by atoms with van der Waals surface area (Å²) in [5.41, 5.74) is 1.98. The van der Waals surface area contributed by atoms with Gasteiger partial charge >= 0.3 is 0 Å². The van der Waals surface area contributed by atoms with Gasteiger partial charge in [0.2, 0.25) is 0 Å². The molecule has 2 aromatic rings. The van der Waals surface area contributed by atoms with Crippen molar-refractivity contribution in [2.24, 2.45) is 0 Å². The van der Waals surface area contributed by atoms with Crippen LogP contribution >= 0.6 is 31.9 Å². The number of alkyl halides is 1. The summed E-state index contributed by atoms with van der Waals surface area (Å²) in [7, 11) is 1.60. The second kappa shape index (κ2) is 7.09. The van der Waals surface area contributed by atoms with Crippen molar-refractivity contribution in [3.05, 3.63) is 57.8 Å². The Labute approximate surface area is 134 Å². The highest BCUT2D eigenvalue weighted by atomic mass is 79.9. The minimum atomic E-state index is -0.255. The summed E-state index contributed by atoms with van der Waals surface area (Å²) >= 11 is 6.89. The van der Waals surface area contributed by atoms with Crippen molar-refractivity contribution in [2.45, 2.75) is 11.9 Å². The Morgan fingerprint density at radius 1 is 1.10 bits per heavy atom. The average Bonchev–Trinajstić information content (AvgIpc) is 2.47. The zero-order valence-electron chi connectivity index (χ0n) is 10.8. The van der Waals surface area contributed by atoms with Gasteiger partial charge in [-0.05, 0) is 51.3 Å². The molecule has 5 heteroatoms. The van der Waals surface area contributed by atoms with E-state index in [1.54, 1.807) is 19.2 Å². The predicted octanol–water partition coefficient (Wildman–Crippen LogP) is 5.07. The number of halogens is 3. The van der Waals surface area contributed by atoms with Gasteiger partial charge in [0.05, 0.1) is 11.6 Å². The topological polar surface area (TPSA) is 18.5 Å². The number of rotatable bonds is 5. The Hall–Kier alpha value is -1.07. The van der Waals surface area contributed by atoms with Crippen LogP contribution in [0.2, 0.25) is 0 Å². The monoisotopic (exact) mass is 402 g/mol. The van der Waals surface area contributed by atoms with E-state index in [1.807, 2.05) is 12.1 Å². The van der Waals surface area contributed by atoms with Gasteiger partial charge in [0, 0.05) is 5.33 Å². The summed E-state index contributed by atoms with van der Waals surface area (Å²) in [6, 6.07) is 10.1. The van der Waals surface area contributed by atoms with E-state index in [0.717, 1.165) is 20.9 Å². The van der Waals surface area contributed by atoms with E-state index in [1.165, 1.54) is 12.1 Å². The van der Waals surface area contributed by atoms with Crippen LogP contribution in [-0.2, 0) is 11.9 Å². The molecule has 0 aromatic heterocycles. The summed E-state index contributed by atoms with van der Waals surface area (Å²) in [5.74, 6) is 1.05.